The number of ether oxygens (including phenoxy) is 2. The zero-order valence-corrected chi connectivity index (χ0v) is 13.8. The number of hydrogen-bond acceptors (Lipinski definition) is 2. The van der Waals surface area contributed by atoms with Crippen molar-refractivity contribution in [3.63, 3.8) is 0 Å². The van der Waals surface area contributed by atoms with Crippen molar-refractivity contribution < 1.29 is 13.9 Å². The van der Waals surface area contributed by atoms with Gasteiger partial charge in [0.1, 0.15) is 6.10 Å². The molecule has 0 N–H and O–H groups in total. The molecule has 21 heavy (non-hydrogen) atoms. The van der Waals surface area contributed by atoms with Gasteiger partial charge in [0.05, 0.1) is 12.2 Å². The van der Waals surface area contributed by atoms with Gasteiger partial charge in [-0.2, -0.15) is 0 Å². The van der Waals surface area contributed by atoms with Gasteiger partial charge in [-0.25, -0.2) is 4.39 Å². The molecule has 1 unspecified atom stereocenters. The van der Waals surface area contributed by atoms with E-state index in [4.69, 9.17) is 9.47 Å². The molecule has 2 aliphatic rings. The van der Waals surface area contributed by atoms with E-state index in [9.17, 15) is 4.39 Å². The lowest BCUT2D eigenvalue weighted by Gasteiger charge is -2.43. The highest BCUT2D eigenvalue weighted by Crippen LogP contribution is 2.39. The predicted molar refractivity (Wildman–Crippen MR) is 84.4 cm³/mol. The van der Waals surface area contributed by atoms with Gasteiger partial charge in [-0.15, -0.1) is 0 Å². The lowest BCUT2D eigenvalue weighted by atomic mass is 9.79. The van der Waals surface area contributed by atoms with Crippen LogP contribution < -0.4 is 4.74 Å². The van der Waals surface area contributed by atoms with E-state index in [1.807, 2.05) is 6.07 Å². The monoisotopic (exact) mass is 356 g/mol. The summed E-state index contributed by atoms with van der Waals surface area (Å²) in [6, 6.07) is 5.19. The van der Waals surface area contributed by atoms with Crippen LogP contribution in [0.4, 0.5) is 4.39 Å². The summed E-state index contributed by atoms with van der Waals surface area (Å²) in [5, 5.41) is 0.657. The minimum atomic E-state index is -0.267. The summed E-state index contributed by atoms with van der Waals surface area (Å²) in [7, 11) is 0. The molecule has 2 fully saturated rings. The molecule has 0 aromatic heterocycles. The largest absolute Gasteiger partial charge is 0.487 e. The Kier molecular flexibility index (Phi) is 4.85. The summed E-state index contributed by atoms with van der Waals surface area (Å²) >= 11 is 3.34. The van der Waals surface area contributed by atoms with Gasteiger partial charge >= 0.3 is 0 Å². The van der Waals surface area contributed by atoms with Crippen LogP contribution in [0, 0.1) is 5.82 Å². The van der Waals surface area contributed by atoms with Crippen LogP contribution in [0.25, 0.3) is 0 Å². The van der Waals surface area contributed by atoms with Crippen LogP contribution in [0.1, 0.15) is 50.5 Å². The first kappa shape index (κ1) is 15.3. The Balaban J connectivity index is 1.67. The Bertz CT molecular complexity index is 480. The highest BCUT2D eigenvalue weighted by molar-refractivity contribution is 9.08. The van der Waals surface area contributed by atoms with Crippen LogP contribution in [0.2, 0.25) is 0 Å². The average Bonchev–Trinajstić information content (AvgIpc) is 2.50. The summed E-state index contributed by atoms with van der Waals surface area (Å²) in [6.45, 7) is 0.728. The predicted octanol–water partition coefficient (Wildman–Crippen LogP) is 4.98. The van der Waals surface area contributed by atoms with Gasteiger partial charge in [-0.05, 0) is 30.5 Å². The van der Waals surface area contributed by atoms with E-state index >= 15 is 0 Å². The summed E-state index contributed by atoms with van der Waals surface area (Å²) in [6.07, 6.45) is 7.84. The summed E-state index contributed by atoms with van der Waals surface area (Å²) in [5.74, 6) is 0.105. The summed E-state index contributed by atoms with van der Waals surface area (Å²) in [4.78, 5) is 0. The maximum absolute atomic E-state index is 14.0. The van der Waals surface area contributed by atoms with Crippen LogP contribution >= 0.6 is 15.9 Å². The Hall–Kier alpha value is -0.610. The molecule has 2 nitrogen and oxygen atoms in total. The van der Waals surface area contributed by atoms with Crippen molar-refractivity contribution in [1.29, 1.82) is 0 Å². The second-order valence-electron chi connectivity index (χ2n) is 6.22. The number of alkyl halides is 1. The third-order valence-electron chi connectivity index (χ3n) is 4.66. The van der Waals surface area contributed by atoms with Gasteiger partial charge in [-0.1, -0.05) is 41.3 Å². The Morgan fingerprint density at radius 2 is 2.10 bits per heavy atom. The van der Waals surface area contributed by atoms with Crippen LogP contribution in [-0.4, -0.2) is 18.3 Å². The van der Waals surface area contributed by atoms with E-state index in [2.05, 4.69) is 15.9 Å². The van der Waals surface area contributed by atoms with E-state index in [1.165, 1.54) is 19.3 Å². The first-order valence-electron chi connectivity index (χ1n) is 7.86. The lowest BCUT2D eigenvalue weighted by molar-refractivity contribution is -0.130. The van der Waals surface area contributed by atoms with Crippen molar-refractivity contribution in [1.82, 2.24) is 0 Å². The van der Waals surface area contributed by atoms with E-state index in [1.54, 1.807) is 12.1 Å². The van der Waals surface area contributed by atoms with Gasteiger partial charge in [0.25, 0.3) is 0 Å². The van der Waals surface area contributed by atoms with Gasteiger partial charge < -0.3 is 9.47 Å². The molecule has 0 bridgehead atoms. The Labute approximate surface area is 134 Å². The number of benzene rings is 1. The molecule has 1 aromatic rings. The normalized spacial score (nSPS) is 25.0. The molecule has 0 radical (unpaired) electrons. The molecule has 1 aromatic carbocycles. The van der Waals surface area contributed by atoms with Crippen LogP contribution in [-0.2, 0) is 10.1 Å². The fraction of sp³-hybridized carbons (Fsp3) is 0.647. The molecule has 1 aliphatic heterocycles. The van der Waals surface area contributed by atoms with Crippen molar-refractivity contribution in [2.24, 2.45) is 0 Å². The SMILES string of the molecule is Fc1cc(CBr)ccc1OC1CCOC2(CCCCC2)C1. The lowest BCUT2D eigenvalue weighted by Crippen LogP contribution is -2.45. The number of halogens is 2. The second-order valence-corrected chi connectivity index (χ2v) is 6.78. The van der Waals surface area contributed by atoms with Crippen molar-refractivity contribution in [2.75, 3.05) is 6.61 Å². The Morgan fingerprint density at radius 3 is 2.81 bits per heavy atom. The van der Waals surface area contributed by atoms with Crippen molar-refractivity contribution in [3.8, 4) is 5.75 Å². The number of rotatable bonds is 3. The third kappa shape index (κ3) is 3.59. The van der Waals surface area contributed by atoms with Crippen molar-refractivity contribution in [2.45, 2.75) is 62.0 Å². The molecule has 1 heterocycles. The quantitative estimate of drug-likeness (QED) is 0.711. The highest BCUT2D eigenvalue weighted by atomic mass is 79.9. The van der Waals surface area contributed by atoms with E-state index in [-0.39, 0.29) is 17.5 Å². The minimum absolute atomic E-state index is 0.00651. The Morgan fingerprint density at radius 1 is 1.29 bits per heavy atom. The van der Waals surface area contributed by atoms with Crippen molar-refractivity contribution >= 4 is 15.9 Å². The fourth-order valence-corrected chi connectivity index (χ4v) is 3.88. The zero-order chi connectivity index (χ0) is 14.7. The van der Waals surface area contributed by atoms with E-state index in [0.717, 1.165) is 37.9 Å². The minimum Gasteiger partial charge on any atom is -0.487 e. The van der Waals surface area contributed by atoms with E-state index < -0.39 is 0 Å². The molecule has 0 amide bonds. The number of hydrogen-bond donors (Lipinski definition) is 0. The molecule has 116 valence electrons. The first-order valence-corrected chi connectivity index (χ1v) is 8.98. The van der Waals surface area contributed by atoms with Gasteiger partial charge in [0.2, 0.25) is 0 Å². The average molecular weight is 357 g/mol. The summed E-state index contributed by atoms with van der Waals surface area (Å²) < 4.78 is 26.1. The van der Waals surface area contributed by atoms with Gasteiger partial charge in [0.15, 0.2) is 11.6 Å². The van der Waals surface area contributed by atoms with Gasteiger partial charge in [-0.3, -0.25) is 0 Å². The molecule has 1 aliphatic carbocycles. The standard InChI is InChI=1S/C17H22BrFO2/c18-12-13-4-5-16(15(19)10-13)21-14-6-9-20-17(11-14)7-2-1-3-8-17/h4-5,10,14H,1-3,6-9,11-12H2. The molecule has 1 spiro atoms. The van der Waals surface area contributed by atoms with Crippen LogP contribution in [0.3, 0.4) is 0 Å². The molecular formula is C17H22BrFO2. The molecule has 4 heteroatoms. The molecule has 1 saturated heterocycles. The summed E-state index contributed by atoms with van der Waals surface area (Å²) in [5.41, 5.74) is 0.920. The molecular weight excluding hydrogens is 335 g/mol. The molecule has 1 saturated carbocycles. The topological polar surface area (TPSA) is 18.5 Å². The maximum atomic E-state index is 14.0. The molecule has 1 atom stereocenters. The fourth-order valence-electron chi connectivity index (χ4n) is 3.53. The van der Waals surface area contributed by atoms with E-state index in [0.29, 0.717) is 11.1 Å². The highest BCUT2D eigenvalue weighted by Gasteiger charge is 2.39. The second kappa shape index (κ2) is 6.66. The van der Waals surface area contributed by atoms with Gasteiger partial charge in [0, 0.05) is 18.2 Å². The molecule has 3 rings (SSSR count). The van der Waals surface area contributed by atoms with Crippen molar-refractivity contribution in [3.05, 3.63) is 29.6 Å². The van der Waals surface area contributed by atoms with Crippen LogP contribution in [0.5, 0.6) is 5.75 Å². The van der Waals surface area contributed by atoms with Crippen LogP contribution in [0.15, 0.2) is 18.2 Å². The first-order chi connectivity index (χ1) is 10.2. The maximum Gasteiger partial charge on any atom is 0.165 e. The smallest absolute Gasteiger partial charge is 0.165 e. The zero-order valence-electron chi connectivity index (χ0n) is 12.2. The third-order valence-corrected chi connectivity index (χ3v) is 5.30.